The van der Waals surface area contributed by atoms with E-state index >= 15 is 0 Å². The second-order valence-corrected chi connectivity index (χ2v) is 4.24. The van der Waals surface area contributed by atoms with Crippen molar-refractivity contribution < 1.29 is 0 Å². The van der Waals surface area contributed by atoms with E-state index in [4.69, 9.17) is 0 Å². The van der Waals surface area contributed by atoms with Gasteiger partial charge in [-0.3, -0.25) is 4.98 Å². The molecule has 0 radical (unpaired) electrons. The SMILES string of the molecule is c1cnc(SN2CCCCC2)cn1. The van der Waals surface area contributed by atoms with Crippen molar-refractivity contribution >= 4 is 11.9 Å². The first-order chi connectivity index (χ1) is 6.45. The lowest BCUT2D eigenvalue weighted by Gasteiger charge is -2.24. The molecule has 4 heteroatoms. The second-order valence-electron chi connectivity index (χ2n) is 3.12. The van der Waals surface area contributed by atoms with Crippen molar-refractivity contribution in [3.8, 4) is 0 Å². The summed E-state index contributed by atoms with van der Waals surface area (Å²) in [7, 11) is 0. The number of hydrogen-bond donors (Lipinski definition) is 0. The van der Waals surface area contributed by atoms with Crippen LogP contribution in [0.25, 0.3) is 0 Å². The van der Waals surface area contributed by atoms with Crippen molar-refractivity contribution in [1.29, 1.82) is 0 Å². The van der Waals surface area contributed by atoms with Crippen LogP contribution in [0.4, 0.5) is 0 Å². The normalized spacial score (nSPS) is 18.8. The molecule has 70 valence electrons. The van der Waals surface area contributed by atoms with Gasteiger partial charge in [-0.05, 0) is 24.8 Å². The minimum absolute atomic E-state index is 1.00. The second kappa shape index (κ2) is 4.58. The molecule has 0 unspecified atom stereocenters. The molecular formula is C9H13N3S. The molecule has 0 amide bonds. The van der Waals surface area contributed by atoms with E-state index in [1.807, 2.05) is 6.20 Å². The largest absolute Gasteiger partial charge is 0.260 e. The predicted octanol–water partition coefficient (Wildman–Crippen LogP) is 1.97. The summed E-state index contributed by atoms with van der Waals surface area (Å²) in [6.07, 6.45) is 9.27. The van der Waals surface area contributed by atoms with Crippen LogP contribution in [-0.2, 0) is 0 Å². The number of nitrogens with zero attached hydrogens (tertiary/aromatic N) is 3. The molecule has 1 saturated heterocycles. The maximum Gasteiger partial charge on any atom is 0.129 e. The highest BCUT2D eigenvalue weighted by Gasteiger charge is 2.11. The van der Waals surface area contributed by atoms with Crippen LogP contribution >= 0.6 is 11.9 Å². The summed E-state index contributed by atoms with van der Waals surface area (Å²) in [6, 6.07) is 0. The Hall–Kier alpha value is -0.610. The highest BCUT2D eigenvalue weighted by Crippen LogP contribution is 2.23. The molecule has 0 aliphatic carbocycles. The smallest absolute Gasteiger partial charge is 0.129 e. The average molecular weight is 195 g/mol. The summed E-state index contributed by atoms with van der Waals surface area (Å²) >= 11 is 1.72. The topological polar surface area (TPSA) is 29.0 Å². The van der Waals surface area contributed by atoms with Gasteiger partial charge in [-0.1, -0.05) is 6.42 Å². The summed E-state index contributed by atoms with van der Waals surface area (Å²) in [6.45, 7) is 2.36. The summed E-state index contributed by atoms with van der Waals surface area (Å²) in [5.74, 6) is 0. The highest BCUT2D eigenvalue weighted by molar-refractivity contribution is 7.97. The predicted molar refractivity (Wildman–Crippen MR) is 53.3 cm³/mol. The van der Waals surface area contributed by atoms with Gasteiger partial charge in [0, 0.05) is 25.5 Å². The van der Waals surface area contributed by atoms with E-state index in [1.54, 1.807) is 24.3 Å². The molecule has 1 aromatic heterocycles. The van der Waals surface area contributed by atoms with Crippen molar-refractivity contribution in [2.75, 3.05) is 13.1 Å². The maximum atomic E-state index is 4.23. The van der Waals surface area contributed by atoms with Gasteiger partial charge in [-0.15, -0.1) is 0 Å². The molecule has 0 aromatic carbocycles. The first-order valence-electron chi connectivity index (χ1n) is 4.64. The Bertz CT molecular complexity index is 246. The van der Waals surface area contributed by atoms with Gasteiger partial charge in [0.15, 0.2) is 0 Å². The molecule has 0 N–H and O–H groups in total. The van der Waals surface area contributed by atoms with Crippen molar-refractivity contribution in [1.82, 2.24) is 14.3 Å². The average Bonchev–Trinajstić information content (AvgIpc) is 2.21. The standard InChI is InChI=1S/C9H13N3S/c1-2-6-12(7-3-1)13-9-8-10-4-5-11-9/h4-5,8H,1-3,6-7H2. The van der Waals surface area contributed by atoms with E-state index in [0.29, 0.717) is 0 Å². The van der Waals surface area contributed by atoms with Crippen LogP contribution in [0.5, 0.6) is 0 Å². The first-order valence-corrected chi connectivity index (χ1v) is 5.41. The fraction of sp³-hybridized carbons (Fsp3) is 0.556. The number of rotatable bonds is 2. The van der Waals surface area contributed by atoms with Crippen molar-refractivity contribution in [2.45, 2.75) is 24.3 Å². The minimum Gasteiger partial charge on any atom is -0.260 e. The van der Waals surface area contributed by atoms with Crippen LogP contribution in [0, 0.1) is 0 Å². The van der Waals surface area contributed by atoms with Crippen LogP contribution in [0.15, 0.2) is 23.6 Å². The van der Waals surface area contributed by atoms with Gasteiger partial charge in [0.1, 0.15) is 5.03 Å². The summed E-state index contributed by atoms with van der Waals surface area (Å²) < 4.78 is 2.37. The van der Waals surface area contributed by atoms with Gasteiger partial charge in [0.05, 0.1) is 6.20 Å². The zero-order valence-corrected chi connectivity index (χ0v) is 8.33. The Labute approximate surface area is 82.7 Å². The third-order valence-electron chi connectivity index (χ3n) is 2.08. The van der Waals surface area contributed by atoms with Crippen molar-refractivity contribution in [3.05, 3.63) is 18.6 Å². The molecule has 1 fully saturated rings. The molecule has 3 nitrogen and oxygen atoms in total. The van der Waals surface area contributed by atoms with Crippen LogP contribution in [-0.4, -0.2) is 27.4 Å². The first kappa shape index (κ1) is 8.97. The van der Waals surface area contributed by atoms with E-state index < -0.39 is 0 Å². The molecule has 0 saturated carbocycles. The van der Waals surface area contributed by atoms with E-state index in [2.05, 4.69) is 14.3 Å². The molecule has 1 aliphatic heterocycles. The summed E-state index contributed by atoms with van der Waals surface area (Å²) in [5.41, 5.74) is 0. The zero-order chi connectivity index (χ0) is 8.93. The van der Waals surface area contributed by atoms with Crippen LogP contribution in [0.1, 0.15) is 19.3 Å². The van der Waals surface area contributed by atoms with E-state index in [-0.39, 0.29) is 0 Å². The summed E-state index contributed by atoms with van der Waals surface area (Å²) in [4.78, 5) is 8.27. The van der Waals surface area contributed by atoms with Gasteiger partial charge >= 0.3 is 0 Å². The number of hydrogen-bond acceptors (Lipinski definition) is 4. The van der Waals surface area contributed by atoms with Crippen molar-refractivity contribution in [3.63, 3.8) is 0 Å². The zero-order valence-electron chi connectivity index (χ0n) is 7.52. The Morgan fingerprint density at radius 3 is 2.69 bits per heavy atom. The molecule has 2 rings (SSSR count). The Morgan fingerprint density at radius 1 is 1.15 bits per heavy atom. The molecule has 1 aromatic rings. The lowest BCUT2D eigenvalue weighted by atomic mass is 10.2. The van der Waals surface area contributed by atoms with E-state index in [0.717, 1.165) is 5.03 Å². The Balaban J connectivity index is 1.90. The monoisotopic (exact) mass is 195 g/mol. The number of piperidine rings is 1. The minimum atomic E-state index is 1.00. The van der Waals surface area contributed by atoms with Crippen LogP contribution in [0.2, 0.25) is 0 Å². The van der Waals surface area contributed by atoms with Gasteiger partial charge in [0.2, 0.25) is 0 Å². The van der Waals surface area contributed by atoms with Crippen LogP contribution in [0.3, 0.4) is 0 Å². The molecular weight excluding hydrogens is 182 g/mol. The van der Waals surface area contributed by atoms with E-state index in [1.165, 1.54) is 32.4 Å². The quantitative estimate of drug-likeness (QED) is 0.675. The lowest BCUT2D eigenvalue weighted by molar-refractivity contribution is 0.380. The third kappa shape index (κ3) is 2.67. The summed E-state index contributed by atoms with van der Waals surface area (Å²) in [5, 5.41) is 1.00. The fourth-order valence-corrected chi connectivity index (χ4v) is 2.34. The third-order valence-corrected chi connectivity index (χ3v) is 3.10. The Morgan fingerprint density at radius 2 is 2.00 bits per heavy atom. The lowest BCUT2D eigenvalue weighted by Crippen LogP contribution is -2.22. The molecule has 1 aliphatic rings. The van der Waals surface area contributed by atoms with Gasteiger partial charge in [-0.2, -0.15) is 0 Å². The Kier molecular flexibility index (Phi) is 3.16. The number of aromatic nitrogens is 2. The van der Waals surface area contributed by atoms with Gasteiger partial charge in [-0.25, -0.2) is 9.29 Å². The maximum absolute atomic E-state index is 4.23. The highest BCUT2D eigenvalue weighted by atomic mass is 32.2. The van der Waals surface area contributed by atoms with Crippen molar-refractivity contribution in [2.24, 2.45) is 0 Å². The molecule has 0 spiro atoms. The van der Waals surface area contributed by atoms with Gasteiger partial charge in [0.25, 0.3) is 0 Å². The fourth-order valence-electron chi connectivity index (χ4n) is 1.42. The molecule has 0 bridgehead atoms. The molecule has 2 heterocycles. The van der Waals surface area contributed by atoms with Gasteiger partial charge < -0.3 is 0 Å². The van der Waals surface area contributed by atoms with E-state index in [9.17, 15) is 0 Å². The molecule has 0 atom stereocenters. The molecule has 13 heavy (non-hydrogen) atoms. The van der Waals surface area contributed by atoms with Crippen LogP contribution < -0.4 is 0 Å².